The smallest absolute Gasteiger partial charge is 0.270 e. The van der Waals surface area contributed by atoms with Gasteiger partial charge in [-0.15, -0.1) is 0 Å². The second-order valence-corrected chi connectivity index (χ2v) is 6.35. The summed E-state index contributed by atoms with van der Waals surface area (Å²) < 4.78 is 0. The molecule has 0 aliphatic heterocycles. The van der Waals surface area contributed by atoms with Crippen molar-refractivity contribution in [2.75, 3.05) is 11.4 Å². The van der Waals surface area contributed by atoms with Crippen LogP contribution in [0.2, 0.25) is 0 Å². The zero-order valence-electron chi connectivity index (χ0n) is 14.2. The van der Waals surface area contributed by atoms with Gasteiger partial charge in [0.1, 0.15) is 5.69 Å². The molecule has 0 unspecified atom stereocenters. The third-order valence-electron chi connectivity index (χ3n) is 4.63. The van der Waals surface area contributed by atoms with Crippen LogP contribution >= 0.6 is 0 Å². The van der Waals surface area contributed by atoms with Gasteiger partial charge in [0, 0.05) is 31.0 Å². The van der Waals surface area contributed by atoms with Gasteiger partial charge in [-0.2, -0.15) is 0 Å². The number of rotatable bonds is 6. The van der Waals surface area contributed by atoms with E-state index in [4.69, 9.17) is 0 Å². The number of amides is 1. The first kappa shape index (κ1) is 16.5. The zero-order valence-corrected chi connectivity index (χ0v) is 14.2. The third kappa shape index (κ3) is 4.13. The molecule has 1 amide bonds. The highest BCUT2D eigenvalue weighted by atomic mass is 16.1. The molecule has 3 rings (SSSR count). The van der Waals surface area contributed by atoms with Crippen LogP contribution in [-0.4, -0.2) is 23.5 Å². The highest BCUT2D eigenvalue weighted by Crippen LogP contribution is 2.20. The predicted molar refractivity (Wildman–Crippen MR) is 97.1 cm³/mol. The number of hydrogen-bond donors (Lipinski definition) is 1. The van der Waals surface area contributed by atoms with E-state index in [0.29, 0.717) is 11.7 Å². The fourth-order valence-corrected chi connectivity index (χ4v) is 3.26. The normalized spacial score (nSPS) is 14.5. The Bertz CT molecular complexity index is 666. The molecule has 4 nitrogen and oxygen atoms in total. The molecule has 4 heteroatoms. The molecule has 1 aromatic heterocycles. The minimum Gasteiger partial charge on any atom is -0.367 e. The molecule has 1 heterocycles. The first-order chi connectivity index (χ1) is 11.8. The first-order valence-corrected chi connectivity index (χ1v) is 8.82. The molecule has 0 bridgehead atoms. The molecule has 1 aliphatic carbocycles. The van der Waals surface area contributed by atoms with Crippen molar-refractivity contribution in [2.45, 2.75) is 45.2 Å². The molecule has 0 radical (unpaired) electrons. The van der Waals surface area contributed by atoms with Crippen LogP contribution in [0.1, 0.15) is 48.7 Å². The third-order valence-corrected chi connectivity index (χ3v) is 4.63. The Labute approximate surface area is 143 Å². The van der Waals surface area contributed by atoms with Crippen molar-refractivity contribution in [3.63, 3.8) is 0 Å². The Morgan fingerprint density at radius 2 is 1.96 bits per heavy atom. The SMILES string of the molecule is CCN(Cc1ccccc1)c1ccnc(C(=O)NC2CCCC2)c1. The lowest BCUT2D eigenvalue weighted by Gasteiger charge is -2.23. The van der Waals surface area contributed by atoms with Crippen molar-refractivity contribution in [2.24, 2.45) is 0 Å². The summed E-state index contributed by atoms with van der Waals surface area (Å²) >= 11 is 0. The molecule has 1 aromatic carbocycles. The maximum absolute atomic E-state index is 12.4. The number of carbonyl (C=O) groups is 1. The summed E-state index contributed by atoms with van der Waals surface area (Å²) in [6, 6.07) is 14.6. The summed E-state index contributed by atoms with van der Waals surface area (Å²) in [7, 11) is 0. The first-order valence-electron chi connectivity index (χ1n) is 8.82. The molecule has 1 N–H and O–H groups in total. The minimum atomic E-state index is -0.0560. The van der Waals surface area contributed by atoms with Crippen molar-refractivity contribution in [1.29, 1.82) is 0 Å². The van der Waals surface area contributed by atoms with Gasteiger partial charge in [0.05, 0.1) is 0 Å². The zero-order chi connectivity index (χ0) is 16.8. The molecule has 0 saturated heterocycles. The number of carbonyl (C=O) groups excluding carboxylic acids is 1. The number of nitrogens with one attached hydrogen (secondary N) is 1. The van der Waals surface area contributed by atoms with Gasteiger partial charge in [0.25, 0.3) is 5.91 Å². The van der Waals surface area contributed by atoms with Gasteiger partial charge >= 0.3 is 0 Å². The summed E-state index contributed by atoms with van der Waals surface area (Å²) in [6.45, 7) is 3.83. The quantitative estimate of drug-likeness (QED) is 0.880. The summed E-state index contributed by atoms with van der Waals surface area (Å²) in [5.41, 5.74) is 2.80. The average molecular weight is 323 g/mol. The van der Waals surface area contributed by atoms with E-state index in [9.17, 15) is 4.79 Å². The lowest BCUT2D eigenvalue weighted by atomic mass is 10.2. The van der Waals surface area contributed by atoms with E-state index in [1.165, 1.54) is 18.4 Å². The lowest BCUT2D eigenvalue weighted by Crippen LogP contribution is -2.33. The van der Waals surface area contributed by atoms with Crippen LogP contribution in [0.25, 0.3) is 0 Å². The topological polar surface area (TPSA) is 45.2 Å². The van der Waals surface area contributed by atoms with Crippen molar-refractivity contribution < 1.29 is 4.79 Å². The maximum Gasteiger partial charge on any atom is 0.270 e. The van der Waals surface area contributed by atoms with E-state index in [-0.39, 0.29) is 5.91 Å². The number of nitrogens with zero attached hydrogens (tertiary/aromatic N) is 2. The van der Waals surface area contributed by atoms with Crippen molar-refractivity contribution in [3.8, 4) is 0 Å². The monoisotopic (exact) mass is 323 g/mol. The summed E-state index contributed by atoms with van der Waals surface area (Å²) in [4.78, 5) is 18.9. The van der Waals surface area contributed by atoms with Crippen LogP contribution in [0.3, 0.4) is 0 Å². The Balaban J connectivity index is 1.71. The van der Waals surface area contributed by atoms with E-state index >= 15 is 0 Å². The Hall–Kier alpha value is -2.36. The fraction of sp³-hybridized carbons (Fsp3) is 0.400. The van der Waals surface area contributed by atoms with Crippen molar-refractivity contribution >= 4 is 11.6 Å². The van der Waals surface area contributed by atoms with Crippen molar-refractivity contribution in [3.05, 3.63) is 59.9 Å². The standard InChI is InChI=1S/C20H25N3O/c1-2-23(15-16-8-4-3-5-9-16)18-12-13-21-19(14-18)20(24)22-17-10-6-7-11-17/h3-5,8-9,12-14,17H,2,6-7,10-11,15H2,1H3,(H,22,24). The second kappa shape index (κ2) is 7.95. The van der Waals surface area contributed by atoms with Gasteiger partial charge < -0.3 is 10.2 Å². The van der Waals surface area contributed by atoms with Crippen LogP contribution in [0.4, 0.5) is 5.69 Å². The summed E-state index contributed by atoms with van der Waals surface area (Å²) in [5.74, 6) is -0.0560. The van der Waals surface area contributed by atoms with Gasteiger partial charge in [0.15, 0.2) is 0 Å². The minimum absolute atomic E-state index is 0.0560. The van der Waals surface area contributed by atoms with Crippen LogP contribution in [0, 0.1) is 0 Å². The molecular formula is C20H25N3O. The molecule has 24 heavy (non-hydrogen) atoms. The van der Waals surface area contributed by atoms with Crippen LogP contribution < -0.4 is 10.2 Å². The molecular weight excluding hydrogens is 298 g/mol. The maximum atomic E-state index is 12.4. The molecule has 1 fully saturated rings. The number of aromatic nitrogens is 1. The summed E-state index contributed by atoms with van der Waals surface area (Å²) in [6.07, 6.45) is 6.31. The van der Waals surface area contributed by atoms with Gasteiger partial charge in [0.2, 0.25) is 0 Å². The highest BCUT2D eigenvalue weighted by molar-refractivity contribution is 5.93. The molecule has 0 atom stereocenters. The fourth-order valence-electron chi connectivity index (χ4n) is 3.26. The Kier molecular flexibility index (Phi) is 5.47. The number of anilines is 1. The van der Waals surface area contributed by atoms with E-state index in [1.807, 2.05) is 18.2 Å². The highest BCUT2D eigenvalue weighted by Gasteiger charge is 2.19. The molecule has 2 aromatic rings. The number of pyridine rings is 1. The van der Waals surface area contributed by atoms with Gasteiger partial charge in [-0.25, -0.2) is 0 Å². The van der Waals surface area contributed by atoms with Crippen LogP contribution in [0.15, 0.2) is 48.7 Å². The van der Waals surface area contributed by atoms with Gasteiger partial charge in [-0.1, -0.05) is 43.2 Å². The lowest BCUT2D eigenvalue weighted by molar-refractivity contribution is 0.0933. The molecule has 1 aliphatic rings. The average Bonchev–Trinajstić information content (AvgIpc) is 3.13. The number of hydrogen-bond acceptors (Lipinski definition) is 3. The molecule has 126 valence electrons. The Morgan fingerprint density at radius 1 is 1.21 bits per heavy atom. The van der Waals surface area contributed by atoms with Crippen LogP contribution in [-0.2, 0) is 6.54 Å². The van der Waals surface area contributed by atoms with E-state index in [0.717, 1.165) is 31.6 Å². The molecule has 0 spiro atoms. The Morgan fingerprint density at radius 3 is 2.67 bits per heavy atom. The second-order valence-electron chi connectivity index (χ2n) is 6.35. The summed E-state index contributed by atoms with van der Waals surface area (Å²) in [5, 5.41) is 3.11. The largest absolute Gasteiger partial charge is 0.367 e. The van der Waals surface area contributed by atoms with Crippen LogP contribution in [0.5, 0.6) is 0 Å². The van der Waals surface area contributed by atoms with Gasteiger partial charge in [-0.05, 0) is 37.5 Å². The predicted octanol–water partition coefficient (Wildman–Crippen LogP) is 3.78. The van der Waals surface area contributed by atoms with E-state index < -0.39 is 0 Å². The molecule has 1 saturated carbocycles. The number of benzene rings is 1. The van der Waals surface area contributed by atoms with E-state index in [1.54, 1.807) is 6.20 Å². The van der Waals surface area contributed by atoms with Crippen molar-refractivity contribution in [1.82, 2.24) is 10.3 Å². The van der Waals surface area contributed by atoms with Gasteiger partial charge in [-0.3, -0.25) is 9.78 Å². The van der Waals surface area contributed by atoms with E-state index in [2.05, 4.69) is 46.4 Å².